The maximum absolute atomic E-state index is 10.9. The molecule has 0 saturated carbocycles. The van der Waals surface area contributed by atoms with E-state index in [1.54, 1.807) is 0 Å². The van der Waals surface area contributed by atoms with Crippen LogP contribution in [0.3, 0.4) is 0 Å². The van der Waals surface area contributed by atoms with Crippen molar-refractivity contribution in [2.45, 2.75) is 20.3 Å². The summed E-state index contributed by atoms with van der Waals surface area (Å²) < 4.78 is 15.9. The van der Waals surface area contributed by atoms with Gasteiger partial charge in [-0.25, -0.2) is 10.2 Å². The molecule has 26 heavy (non-hydrogen) atoms. The fraction of sp³-hybridized carbons (Fsp3) is 0.300. The SMILES string of the molecule is COC(=O)NN=Cc1ccc(OCCCOc2cccc(C)c2C)cc1. The van der Waals surface area contributed by atoms with Crippen molar-refractivity contribution in [3.63, 3.8) is 0 Å². The topological polar surface area (TPSA) is 69.2 Å². The van der Waals surface area contributed by atoms with E-state index in [1.807, 2.05) is 36.4 Å². The Morgan fingerprint density at radius 2 is 1.81 bits per heavy atom. The Morgan fingerprint density at radius 1 is 1.08 bits per heavy atom. The van der Waals surface area contributed by atoms with Gasteiger partial charge in [-0.05, 0) is 60.9 Å². The number of carbonyl (C=O) groups excluding carboxylic acids is 1. The standard InChI is InChI=1S/C20H24N2O4/c1-15-6-4-7-19(16(15)2)26-13-5-12-25-18-10-8-17(9-11-18)14-21-22-20(23)24-3/h4,6-11,14H,5,12-13H2,1-3H3,(H,22,23). The second-order valence-corrected chi connectivity index (χ2v) is 5.68. The van der Waals surface area contributed by atoms with Crippen molar-refractivity contribution >= 4 is 12.3 Å². The van der Waals surface area contributed by atoms with Crippen molar-refractivity contribution in [3.8, 4) is 11.5 Å². The van der Waals surface area contributed by atoms with Gasteiger partial charge < -0.3 is 14.2 Å². The van der Waals surface area contributed by atoms with Gasteiger partial charge in [-0.15, -0.1) is 0 Å². The minimum absolute atomic E-state index is 0.572. The summed E-state index contributed by atoms with van der Waals surface area (Å²) in [5.74, 6) is 1.70. The van der Waals surface area contributed by atoms with E-state index in [-0.39, 0.29) is 0 Å². The third kappa shape index (κ3) is 6.12. The van der Waals surface area contributed by atoms with E-state index in [0.717, 1.165) is 23.5 Å². The summed E-state index contributed by atoms with van der Waals surface area (Å²) >= 11 is 0. The zero-order valence-electron chi connectivity index (χ0n) is 15.3. The van der Waals surface area contributed by atoms with E-state index in [0.29, 0.717) is 13.2 Å². The van der Waals surface area contributed by atoms with Crippen LogP contribution in [0, 0.1) is 13.8 Å². The van der Waals surface area contributed by atoms with Crippen LogP contribution in [-0.4, -0.2) is 32.6 Å². The molecule has 0 aliphatic carbocycles. The zero-order valence-corrected chi connectivity index (χ0v) is 15.3. The molecular weight excluding hydrogens is 332 g/mol. The summed E-state index contributed by atoms with van der Waals surface area (Å²) in [6.07, 6.45) is 1.71. The largest absolute Gasteiger partial charge is 0.493 e. The number of benzene rings is 2. The van der Waals surface area contributed by atoms with Gasteiger partial charge in [0.1, 0.15) is 11.5 Å². The number of hydrogen-bond acceptors (Lipinski definition) is 5. The molecule has 6 nitrogen and oxygen atoms in total. The van der Waals surface area contributed by atoms with Crippen molar-refractivity contribution in [2.75, 3.05) is 20.3 Å². The Morgan fingerprint density at radius 3 is 2.54 bits per heavy atom. The first kappa shape index (κ1) is 19.3. The molecule has 2 aromatic carbocycles. The fourth-order valence-electron chi connectivity index (χ4n) is 2.17. The van der Waals surface area contributed by atoms with Crippen LogP contribution in [-0.2, 0) is 4.74 Å². The second kappa shape index (κ2) is 10.1. The third-order valence-electron chi connectivity index (χ3n) is 3.80. The van der Waals surface area contributed by atoms with Crippen molar-refractivity contribution < 1.29 is 19.0 Å². The van der Waals surface area contributed by atoms with Crippen LogP contribution in [0.4, 0.5) is 4.79 Å². The van der Waals surface area contributed by atoms with E-state index in [9.17, 15) is 4.79 Å². The Balaban J connectivity index is 1.69. The van der Waals surface area contributed by atoms with Gasteiger partial charge in [-0.1, -0.05) is 12.1 Å². The van der Waals surface area contributed by atoms with E-state index < -0.39 is 6.09 Å². The van der Waals surface area contributed by atoms with Crippen molar-refractivity contribution in [3.05, 3.63) is 59.2 Å². The van der Waals surface area contributed by atoms with Crippen molar-refractivity contribution in [1.29, 1.82) is 0 Å². The number of nitrogens with zero attached hydrogens (tertiary/aromatic N) is 1. The number of hydrazone groups is 1. The highest BCUT2D eigenvalue weighted by atomic mass is 16.5. The molecule has 6 heteroatoms. The fourth-order valence-corrected chi connectivity index (χ4v) is 2.17. The summed E-state index contributed by atoms with van der Waals surface area (Å²) in [5, 5.41) is 3.76. The number of carbonyl (C=O) groups is 1. The number of amides is 1. The third-order valence-corrected chi connectivity index (χ3v) is 3.80. The van der Waals surface area contributed by atoms with Gasteiger partial charge in [0.15, 0.2) is 0 Å². The molecule has 0 aliphatic rings. The average molecular weight is 356 g/mol. The molecule has 0 aromatic heterocycles. The number of ether oxygens (including phenoxy) is 3. The first-order valence-electron chi connectivity index (χ1n) is 8.39. The van der Waals surface area contributed by atoms with Gasteiger partial charge in [-0.2, -0.15) is 5.10 Å². The van der Waals surface area contributed by atoms with E-state index in [2.05, 4.69) is 35.2 Å². The van der Waals surface area contributed by atoms with Crippen LogP contribution in [0.5, 0.6) is 11.5 Å². The second-order valence-electron chi connectivity index (χ2n) is 5.68. The molecule has 2 aromatic rings. The highest BCUT2D eigenvalue weighted by Crippen LogP contribution is 2.20. The molecule has 0 atom stereocenters. The maximum Gasteiger partial charge on any atom is 0.427 e. The highest BCUT2D eigenvalue weighted by Gasteiger charge is 2.01. The minimum Gasteiger partial charge on any atom is -0.493 e. The van der Waals surface area contributed by atoms with E-state index >= 15 is 0 Å². The predicted octanol–water partition coefficient (Wildman–Crippen LogP) is 3.84. The molecule has 0 bridgehead atoms. The lowest BCUT2D eigenvalue weighted by Crippen LogP contribution is -2.16. The molecule has 0 heterocycles. The molecule has 0 fully saturated rings. The lowest BCUT2D eigenvalue weighted by molar-refractivity contribution is 0.171. The molecule has 1 amide bonds. The average Bonchev–Trinajstić information content (AvgIpc) is 2.65. The predicted molar refractivity (Wildman–Crippen MR) is 101 cm³/mol. The van der Waals surface area contributed by atoms with Gasteiger partial charge in [0.25, 0.3) is 0 Å². The Bertz CT molecular complexity index is 742. The quantitative estimate of drug-likeness (QED) is 0.443. The molecular formula is C20H24N2O4. The van der Waals surface area contributed by atoms with Crippen LogP contribution in [0.1, 0.15) is 23.1 Å². The summed E-state index contributed by atoms with van der Waals surface area (Å²) in [4.78, 5) is 10.9. The lowest BCUT2D eigenvalue weighted by atomic mass is 10.1. The number of rotatable bonds is 8. The normalized spacial score (nSPS) is 10.6. The van der Waals surface area contributed by atoms with Gasteiger partial charge in [0.2, 0.25) is 0 Å². The number of aryl methyl sites for hydroxylation is 1. The van der Waals surface area contributed by atoms with Gasteiger partial charge in [0, 0.05) is 6.42 Å². The lowest BCUT2D eigenvalue weighted by Gasteiger charge is -2.11. The summed E-state index contributed by atoms with van der Waals surface area (Å²) in [6.45, 7) is 5.31. The summed E-state index contributed by atoms with van der Waals surface area (Å²) in [6, 6.07) is 13.5. The molecule has 0 aliphatic heterocycles. The monoisotopic (exact) mass is 356 g/mol. The smallest absolute Gasteiger partial charge is 0.427 e. The summed E-state index contributed by atoms with van der Waals surface area (Å²) in [7, 11) is 1.28. The molecule has 1 N–H and O–H groups in total. The number of hydrogen-bond donors (Lipinski definition) is 1. The Hall–Kier alpha value is -3.02. The van der Waals surface area contributed by atoms with Crippen LogP contribution in [0.2, 0.25) is 0 Å². The maximum atomic E-state index is 10.9. The Kier molecular flexibility index (Phi) is 7.49. The molecule has 0 saturated heterocycles. The van der Waals surface area contributed by atoms with Crippen molar-refractivity contribution in [2.24, 2.45) is 5.10 Å². The van der Waals surface area contributed by atoms with Crippen LogP contribution in [0.15, 0.2) is 47.6 Å². The highest BCUT2D eigenvalue weighted by molar-refractivity contribution is 5.80. The van der Waals surface area contributed by atoms with E-state index in [4.69, 9.17) is 9.47 Å². The first-order valence-corrected chi connectivity index (χ1v) is 8.39. The van der Waals surface area contributed by atoms with E-state index in [1.165, 1.54) is 24.5 Å². The summed E-state index contributed by atoms with van der Waals surface area (Å²) in [5.41, 5.74) is 5.47. The molecule has 0 unspecified atom stereocenters. The number of nitrogens with one attached hydrogen (secondary N) is 1. The van der Waals surface area contributed by atoms with Gasteiger partial charge in [0.05, 0.1) is 26.5 Å². The number of methoxy groups -OCH3 is 1. The molecule has 138 valence electrons. The Labute approximate surface area is 153 Å². The minimum atomic E-state index is -0.607. The van der Waals surface area contributed by atoms with Crippen LogP contribution in [0.25, 0.3) is 0 Å². The molecule has 0 radical (unpaired) electrons. The molecule has 2 rings (SSSR count). The molecule has 0 spiro atoms. The van der Waals surface area contributed by atoms with Gasteiger partial charge >= 0.3 is 6.09 Å². The van der Waals surface area contributed by atoms with Gasteiger partial charge in [-0.3, -0.25) is 0 Å². The van der Waals surface area contributed by atoms with Crippen LogP contribution < -0.4 is 14.9 Å². The first-order chi connectivity index (χ1) is 12.6. The zero-order chi connectivity index (χ0) is 18.8. The van der Waals surface area contributed by atoms with Crippen molar-refractivity contribution in [1.82, 2.24) is 5.43 Å². The van der Waals surface area contributed by atoms with Crippen LogP contribution >= 0.6 is 0 Å².